The molecular formula is C14H19NS. The lowest BCUT2D eigenvalue weighted by Crippen LogP contribution is -2.32. The zero-order chi connectivity index (χ0) is 10.8. The fraction of sp³-hybridized carbons (Fsp3) is 0.571. The molecule has 3 rings (SSSR count). The lowest BCUT2D eigenvalue weighted by atomic mass is 9.85. The highest BCUT2D eigenvalue weighted by molar-refractivity contribution is 7.99. The Morgan fingerprint density at radius 1 is 1.19 bits per heavy atom. The Kier molecular flexibility index (Phi) is 3.20. The number of hydrogen-bond acceptors (Lipinski definition) is 2. The number of nitrogens with one attached hydrogen (secondary N) is 1. The van der Waals surface area contributed by atoms with Crippen LogP contribution in [-0.2, 0) is 0 Å². The third-order valence-electron chi connectivity index (χ3n) is 3.84. The smallest absolute Gasteiger partial charge is 0.0339 e. The zero-order valence-corrected chi connectivity index (χ0v) is 10.4. The Morgan fingerprint density at radius 3 is 2.88 bits per heavy atom. The summed E-state index contributed by atoms with van der Waals surface area (Å²) in [5, 5.41) is 3.77. The molecule has 86 valence electrons. The van der Waals surface area contributed by atoms with Crippen molar-refractivity contribution in [2.75, 3.05) is 12.3 Å². The van der Waals surface area contributed by atoms with Gasteiger partial charge in [-0.05, 0) is 49.1 Å². The Balaban J connectivity index is 1.66. The second-order valence-corrected chi connectivity index (χ2v) is 6.07. The molecule has 16 heavy (non-hydrogen) atoms. The van der Waals surface area contributed by atoms with Gasteiger partial charge in [0.2, 0.25) is 0 Å². The predicted octanol–water partition coefficient (Wildman–Crippen LogP) is 3.61. The molecule has 1 heterocycles. The fourth-order valence-electron chi connectivity index (χ4n) is 2.56. The largest absolute Gasteiger partial charge is 0.310 e. The molecule has 1 nitrogen and oxygen atoms in total. The Hall–Kier alpha value is -0.470. The van der Waals surface area contributed by atoms with Gasteiger partial charge >= 0.3 is 0 Å². The van der Waals surface area contributed by atoms with Crippen LogP contribution in [0.3, 0.4) is 0 Å². The molecule has 0 aromatic heterocycles. The molecule has 1 N–H and O–H groups in total. The first kappa shape index (κ1) is 10.7. The summed E-state index contributed by atoms with van der Waals surface area (Å²) in [5.41, 5.74) is 1.53. The molecule has 1 fully saturated rings. The van der Waals surface area contributed by atoms with Crippen LogP contribution in [-0.4, -0.2) is 12.3 Å². The molecule has 1 aliphatic carbocycles. The molecule has 0 spiro atoms. The van der Waals surface area contributed by atoms with Gasteiger partial charge in [-0.3, -0.25) is 0 Å². The first-order chi connectivity index (χ1) is 7.93. The van der Waals surface area contributed by atoms with Gasteiger partial charge in [-0.15, -0.1) is 11.8 Å². The van der Waals surface area contributed by atoms with Crippen molar-refractivity contribution >= 4 is 11.8 Å². The summed E-state index contributed by atoms with van der Waals surface area (Å²) in [5.74, 6) is 2.22. The predicted molar refractivity (Wildman–Crippen MR) is 69.9 cm³/mol. The molecule has 0 radical (unpaired) electrons. The van der Waals surface area contributed by atoms with E-state index in [1.54, 1.807) is 0 Å². The third kappa shape index (κ3) is 2.14. The van der Waals surface area contributed by atoms with Crippen molar-refractivity contribution in [2.24, 2.45) is 5.92 Å². The van der Waals surface area contributed by atoms with Gasteiger partial charge in [0, 0.05) is 10.9 Å². The second kappa shape index (κ2) is 4.80. The van der Waals surface area contributed by atoms with Crippen LogP contribution in [0.5, 0.6) is 0 Å². The van der Waals surface area contributed by atoms with Gasteiger partial charge in [0.15, 0.2) is 0 Å². The molecule has 1 unspecified atom stereocenters. The maximum atomic E-state index is 3.77. The topological polar surface area (TPSA) is 12.0 Å². The van der Waals surface area contributed by atoms with E-state index in [2.05, 4.69) is 29.6 Å². The Bertz CT molecular complexity index is 360. The van der Waals surface area contributed by atoms with Crippen molar-refractivity contribution in [1.29, 1.82) is 0 Å². The highest BCUT2D eigenvalue weighted by Crippen LogP contribution is 2.36. The molecule has 1 atom stereocenters. The van der Waals surface area contributed by atoms with E-state index >= 15 is 0 Å². The van der Waals surface area contributed by atoms with Crippen molar-refractivity contribution in [1.82, 2.24) is 5.32 Å². The van der Waals surface area contributed by atoms with E-state index in [1.165, 1.54) is 48.4 Å². The van der Waals surface area contributed by atoms with E-state index in [9.17, 15) is 0 Å². The summed E-state index contributed by atoms with van der Waals surface area (Å²) in [7, 11) is 0. The summed E-state index contributed by atoms with van der Waals surface area (Å²) in [4.78, 5) is 1.49. The molecular weight excluding hydrogens is 214 g/mol. The van der Waals surface area contributed by atoms with Crippen molar-refractivity contribution < 1.29 is 0 Å². The average molecular weight is 233 g/mol. The van der Waals surface area contributed by atoms with Gasteiger partial charge in [0.05, 0.1) is 0 Å². The van der Waals surface area contributed by atoms with Crippen LogP contribution in [0.1, 0.15) is 37.3 Å². The zero-order valence-electron chi connectivity index (χ0n) is 9.61. The number of fused-ring (bicyclic) bond motifs is 1. The molecule has 0 amide bonds. The van der Waals surface area contributed by atoms with Crippen LogP contribution in [0.4, 0.5) is 0 Å². The quantitative estimate of drug-likeness (QED) is 0.856. The van der Waals surface area contributed by atoms with Gasteiger partial charge in [-0.2, -0.15) is 0 Å². The van der Waals surface area contributed by atoms with Gasteiger partial charge in [0.1, 0.15) is 0 Å². The van der Waals surface area contributed by atoms with Crippen LogP contribution >= 0.6 is 11.8 Å². The normalized spacial score (nSPS) is 24.9. The summed E-state index contributed by atoms with van der Waals surface area (Å²) in [6, 6.07) is 9.48. The summed E-state index contributed by atoms with van der Waals surface area (Å²) in [6.45, 7) is 1.23. The maximum absolute atomic E-state index is 3.77. The van der Waals surface area contributed by atoms with Crippen molar-refractivity contribution in [2.45, 2.75) is 36.6 Å². The van der Waals surface area contributed by atoms with E-state index in [1.807, 2.05) is 11.8 Å². The highest BCUT2D eigenvalue weighted by atomic mass is 32.2. The Labute approximate surface area is 102 Å². The lowest BCUT2D eigenvalue weighted by Gasteiger charge is -2.31. The minimum Gasteiger partial charge on any atom is -0.310 e. The molecule has 1 aromatic rings. The van der Waals surface area contributed by atoms with Crippen molar-refractivity contribution in [3.05, 3.63) is 29.8 Å². The first-order valence-corrected chi connectivity index (χ1v) is 7.37. The minimum absolute atomic E-state index is 0.609. The van der Waals surface area contributed by atoms with E-state index < -0.39 is 0 Å². The fourth-order valence-corrected chi connectivity index (χ4v) is 3.69. The van der Waals surface area contributed by atoms with Gasteiger partial charge in [-0.1, -0.05) is 24.6 Å². The third-order valence-corrected chi connectivity index (χ3v) is 4.96. The van der Waals surface area contributed by atoms with Crippen LogP contribution in [0.25, 0.3) is 0 Å². The van der Waals surface area contributed by atoms with Crippen LogP contribution in [0.2, 0.25) is 0 Å². The molecule has 1 saturated carbocycles. The van der Waals surface area contributed by atoms with Crippen LogP contribution in [0, 0.1) is 5.92 Å². The average Bonchev–Trinajstić information content (AvgIpc) is 2.27. The first-order valence-electron chi connectivity index (χ1n) is 6.38. The number of rotatable bonds is 3. The highest BCUT2D eigenvalue weighted by Gasteiger charge is 2.22. The van der Waals surface area contributed by atoms with Gasteiger partial charge < -0.3 is 5.32 Å². The standard InChI is InChI=1S/C14H19NS/c1-2-7-14-12(6-1)13(8-9-16-14)15-10-11-4-3-5-11/h1-2,6-7,11,13,15H,3-5,8-10H2. The van der Waals surface area contributed by atoms with Gasteiger partial charge in [-0.25, -0.2) is 0 Å². The lowest BCUT2D eigenvalue weighted by molar-refractivity contribution is 0.287. The molecule has 0 saturated heterocycles. The number of thioether (sulfide) groups is 1. The monoisotopic (exact) mass is 233 g/mol. The van der Waals surface area contributed by atoms with Crippen LogP contribution < -0.4 is 5.32 Å². The molecule has 1 aliphatic heterocycles. The molecule has 0 bridgehead atoms. The van der Waals surface area contributed by atoms with Crippen molar-refractivity contribution in [3.63, 3.8) is 0 Å². The SMILES string of the molecule is c1ccc2c(c1)SCCC2NCC1CCC1. The van der Waals surface area contributed by atoms with Crippen LogP contribution in [0.15, 0.2) is 29.2 Å². The van der Waals surface area contributed by atoms with Crippen molar-refractivity contribution in [3.8, 4) is 0 Å². The summed E-state index contributed by atoms with van der Waals surface area (Å²) in [6.07, 6.45) is 5.62. The molecule has 2 aliphatic rings. The number of benzene rings is 1. The molecule has 2 heteroatoms. The summed E-state index contributed by atoms with van der Waals surface area (Å²) < 4.78 is 0. The molecule has 1 aromatic carbocycles. The van der Waals surface area contributed by atoms with E-state index in [0.29, 0.717) is 6.04 Å². The van der Waals surface area contributed by atoms with Gasteiger partial charge in [0.25, 0.3) is 0 Å². The summed E-state index contributed by atoms with van der Waals surface area (Å²) >= 11 is 2.01. The Morgan fingerprint density at radius 2 is 2.06 bits per heavy atom. The van der Waals surface area contributed by atoms with E-state index in [0.717, 1.165) is 5.92 Å². The van der Waals surface area contributed by atoms with E-state index in [4.69, 9.17) is 0 Å². The van der Waals surface area contributed by atoms with E-state index in [-0.39, 0.29) is 0 Å². The second-order valence-electron chi connectivity index (χ2n) is 4.93. The minimum atomic E-state index is 0.609. The number of hydrogen-bond donors (Lipinski definition) is 1. The maximum Gasteiger partial charge on any atom is 0.0339 e.